The summed E-state index contributed by atoms with van der Waals surface area (Å²) in [6.45, 7) is 1.47. The van der Waals surface area contributed by atoms with Crippen LogP contribution in [0, 0.1) is 0 Å². The van der Waals surface area contributed by atoms with E-state index in [2.05, 4.69) is 73.8 Å². The molecule has 3 fully saturated rings. The van der Waals surface area contributed by atoms with Gasteiger partial charge in [0.05, 0.1) is 38.6 Å². The molecule has 430 valence electrons. The van der Waals surface area contributed by atoms with E-state index < -0.39 is 131 Å². The molecule has 0 radical (unpaired) electrons. The summed E-state index contributed by atoms with van der Waals surface area (Å²) in [7, 11) is 0. The molecule has 0 bridgehead atoms. The molecule has 0 saturated carbocycles. The summed E-state index contributed by atoms with van der Waals surface area (Å²) in [5.74, 6) is -0.375. The zero-order valence-electron chi connectivity index (χ0n) is 44.2. The fraction of sp³-hybridized carbons (Fsp3) is 0.732. The summed E-state index contributed by atoms with van der Waals surface area (Å²) in [6, 6.07) is -1.04. The van der Waals surface area contributed by atoms with Crippen molar-refractivity contribution >= 4 is 5.91 Å². The minimum absolute atomic E-state index is 0.106. The molecule has 0 aromatic heterocycles. The number of ether oxygens (including phenoxy) is 6. The zero-order valence-corrected chi connectivity index (χ0v) is 44.2. The first-order valence-electron chi connectivity index (χ1n) is 27.3. The summed E-state index contributed by atoms with van der Waals surface area (Å²) in [5, 5.41) is 120. The molecule has 19 nitrogen and oxygen atoms in total. The number of unbranched alkanes of at least 4 members (excludes halogenated alkanes) is 9. The fourth-order valence-corrected chi connectivity index (χ4v) is 8.64. The SMILES string of the molecule is CC/C=C\C/C=C\C/C=C\C/C=C\CCC(=O)NC(COC1OC(CO)C(OC2OC(CO)C(OC3OC(CO)C(O)C(O)C3O)C(O)C2O)C(O)C1O)C(O)/C=C/CC/C=C/CC/C=C/CCCCCCCCC. The van der Waals surface area contributed by atoms with Crippen LogP contribution < -0.4 is 5.32 Å². The van der Waals surface area contributed by atoms with Crippen LogP contribution in [0.5, 0.6) is 0 Å². The van der Waals surface area contributed by atoms with Crippen molar-refractivity contribution in [2.75, 3.05) is 26.4 Å². The lowest BCUT2D eigenvalue weighted by molar-refractivity contribution is -0.379. The topological polar surface area (TPSA) is 307 Å². The van der Waals surface area contributed by atoms with Crippen molar-refractivity contribution in [3.8, 4) is 0 Å². The van der Waals surface area contributed by atoms with Crippen molar-refractivity contribution in [2.24, 2.45) is 0 Å². The van der Waals surface area contributed by atoms with Crippen LogP contribution >= 0.6 is 0 Å². The molecule has 17 atom stereocenters. The number of aliphatic hydroxyl groups is 11. The lowest BCUT2D eigenvalue weighted by atomic mass is 9.96. The molecule has 3 rings (SSSR count). The van der Waals surface area contributed by atoms with Crippen LogP contribution in [0.25, 0.3) is 0 Å². The van der Waals surface area contributed by atoms with Gasteiger partial charge in [-0.15, -0.1) is 0 Å². The van der Waals surface area contributed by atoms with Crippen LogP contribution in [0.1, 0.15) is 129 Å². The Balaban J connectivity index is 1.58. The molecule has 12 N–H and O–H groups in total. The van der Waals surface area contributed by atoms with Gasteiger partial charge in [0, 0.05) is 6.42 Å². The van der Waals surface area contributed by atoms with E-state index in [1.165, 1.54) is 44.9 Å². The van der Waals surface area contributed by atoms with Gasteiger partial charge in [0.1, 0.15) is 73.2 Å². The molecule has 0 aliphatic carbocycles. The highest BCUT2D eigenvalue weighted by Crippen LogP contribution is 2.33. The van der Waals surface area contributed by atoms with Gasteiger partial charge in [0.25, 0.3) is 0 Å². The van der Waals surface area contributed by atoms with Crippen LogP contribution in [0.2, 0.25) is 0 Å². The number of hydrogen-bond donors (Lipinski definition) is 12. The highest BCUT2D eigenvalue weighted by atomic mass is 16.8. The number of amides is 1. The number of hydrogen-bond acceptors (Lipinski definition) is 18. The van der Waals surface area contributed by atoms with Gasteiger partial charge in [-0.25, -0.2) is 0 Å². The predicted molar refractivity (Wildman–Crippen MR) is 281 cm³/mol. The third kappa shape index (κ3) is 24.3. The number of nitrogens with one attached hydrogen (secondary N) is 1. The van der Waals surface area contributed by atoms with Gasteiger partial charge in [-0.05, 0) is 70.6 Å². The first kappa shape index (κ1) is 66.3. The van der Waals surface area contributed by atoms with E-state index in [-0.39, 0.29) is 12.3 Å². The molecular formula is C56H93NO18. The Hall–Kier alpha value is -3.03. The van der Waals surface area contributed by atoms with E-state index in [4.69, 9.17) is 28.4 Å². The van der Waals surface area contributed by atoms with Crippen molar-refractivity contribution in [1.82, 2.24) is 5.32 Å². The first-order valence-corrected chi connectivity index (χ1v) is 27.3. The number of carbonyl (C=O) groups is 1. The van der Waals surface area contributed by atoms with Crippen molar-refractivity contribution in [1.29, 1.82) is 0 Å². The van der Waals surface area contributed by atoms with Gasteiger partial charge in [-0.1, -0.05) is 137 Å². The number of allylic oxidation sites excluding steroid dienone is 13. The van der Waals surface area contributed by atoms with Gasteiger partial charge < -0.3 is 89.9 Å². The summed E-state index contributed by atoms with van der Waals surface area (Å²) in [5.41, 5.74) is 0. The third-order valence-corrected chi connectivity index (χ3v) is 13.2. The number of aliphatic hydroxyl groups excluding tert-OH is 11. The Morgan fingerprint density at radius 1 is 0.493 bits per heavy atom. The summed E-state index contributed by atoms with van der Waals surface area (Å²) in [6.07, 6.45) is 18.8. The van der Waals surface area contributed by atoms with Crippen LogP contribution in [0.4, 0.5) is 0 Å². The van der Waals surface area contributed by atoms with E-state index in [9.17, 15) is 61.0 Å². The lowest BCUT2D eigenvalue weighted by Crippen LogP contribution is -2.66. The molecule has 3 heterocycles. The van der Waals surface area contributed by atoms with Gasteiger partial charge >= 0.3 is 0 Å². The van der Waals surface area contributed by atoms with Crippen molar-refractivity contribution in [2.45, 2.75) is 234 Å². The second kappa shape index (κ2) is 39.3. The molecule has 3 aliphatic heterocycles. The Bertz CT molecular complexity index is 1700. The Morgan fingerprint density at radius 3 is 1.48 bits per heavy atom. The molecule has 3 saturated heterocycles. The molecule has 0 aromatic carbocycles. The normalized spacial score (nSPS) is 31.9. The number of rotatable bonds is 37. The minimum atomic E-state index is -1.99. The largest absolute Gasteiger partial charge is 0.394 e. The Morgan fingerprint density at radius 2 is 0.933 bits per heavy atom. The average molecular weight is 1070 g/mol. The standard InChI is InChI=1S/C56H93NO18/c1-3-5-7-9-11-13-15-17-18-19-20-22-23-25-27-29-31-33-40(61)39(57-44(62)34-32-30-28-26-24-21-16-14-12-10-8-6-4-2)38-70-54-50(68)47(65)52(42(36-59)72-54)75-56-51(69)48(66)53(43(37-60)73-56)74-55-49(67)46(64)45(63)41(35-58)71-55/h6,8,12,14,18-19,21,23-25,28,30-31,33,39-43,45-56,58-61,63-69H,3-5,7,9-11,13,15-17,20,22,26-27,29,32,34-38H2,1-2H3,(H,57,62)/b8-6-,14-12-,19-18+,24-21-,25-23+,30-28-,33-31+. The minimum Gasteiger partial charge on any atom is -0.394 e. The monoisotopic (exact) mass is 1070 g/mol. The second-order valence-electron chi connectivity index (χ2n) is 19.3. The quantitative estimate of drug-likeness (QED) is 0.0314. The molecule has 3 aliphatic rings. The van der Waals surface area contributed by atoms with Gasteiger partial charge in [0.2, 0.25) is 5.91 Å². The van der Waals surface area contributed by atoms with Crippen molar-refractivity contribution in [3.63, 3.8) is 0 Å². The lowest BCUT2D eigenvalue weighted by Gasteiger charge is -2.48. The van der Waals surface area contributed by atoms with Crippen LogP contribution in [0.15, 0.2) is 85.1 Å². The Kier molecular flexibility index (Phi) is 34.8. The van der Waals surface area contributed by atoms with Crippen LogP contribution in [-0.4, -0.2) is 193 Å². The van der Waals surface area contributed by atoms with Gasteiger partial charge in [-0.3, -0.25) is 4.79 Å². The van der Waals surface area contributed by atoms with Crippen molar-refractivity contribution in [3.05, 3.63) is 85.1 Å². The second-order valence-corrected chi connectivity index (χ2v) is 19.3. The summed E-state index contributed by atoms with van der Waals surface area (Å²) in [4.78, 5) is 13.2. The van der Waals surface area contributed by atoms with E-state index >= 15 is 0 Å². The maximum atomic E-state index is 13.2. The van der Waals surface area contributed by atoms with E-state index in [0.29, 0.717) is 19.3 Å². The fourth-order valence-electron chi connectivity index (χ4n) is 8.64. The first-order chi connectivity index (χ1) is 36.3. The smallest absolute Gasteiger partial charge is 0.220 e. The molecule has 0 aromatic rings. The molecule has 1 amide bonds. The third-order valence-electron chi connectivity index (χ3n) is 13.2. The van der Waals surface area contributed by atoms with E-state index in [1.807, 2.05) is 18.2 Å². The molecule has 75 heavy (non-hydrogen) atoms. The van der Waals surface area contributed by atoms with Gasteiger partial charge in [0.15, 0.2) is 18.9 Å². The highest BCUT2D eigenvalue weighted by Gasteiger charge is 2.53. The Labute approximate surface area is 444 Å². The molecule has 19 heteroatoms. The molecular weight excluding hydrogens is 975 g/mol. The molecule has 17 unspecified atom stereocenters. The highest BCUT2D eigenvalue weighted by molar-refractivity contribution is 5.76. The predicted octanol–water partition coefficient (Wildman–Crippen LogP) is 3.25. The van der Waals surface area contributed by atoms with E-state index in [1.54, 1.807) is 12.2 Å². The zero-order chi connectivity index (χ0) is 54.8. The van der Waals surface area contributed by atoms with Crippen molar-refractivity contribution < 1.29 is 89.4 Å². The van der Waals surface area contributed by atoms with Gasteiger partial charge in [-0.2, -0.15) is 0 Å². The average Bonchev–Trinajstić information content (AvgIpc) is 3.41. The maximum absolute atomic E-state index is 13.2. The van der Waals surface area contributed by atoms with Crippen LogP contribution in [-0.2, 0) is 33.2 Å². The summed E-state index contributed by atoms with van der Waals surface area (Å²) < 4.78 is 34.1. The molecule has 0 spiro atoms. The summed E-state index contributed by atoms with van der Waals surface area (Å²) >= 11 is 0. The number of carbonyl (C=O) groups excluding carboxylic acids is 1. The maximum Gasteiger partial charge on any atom is 0.220 e. The van der Waals surface area contributed by atoms with E-state index in [0.717, 1.165) is 44.9 Å². The van der Waals surface area contributed by atoms with Crippen LogP contribution in [0.3, 0.4) is 0 Å².